The summed E-state index contributed by atoms with van der Waals surface area (Å²) < 4.78 is 29.2. The minimum absolute atomic E-state index is 0.0241. The van der Waals surface area contributed by atoms with Gasteiger partial charge in [-0.15, -0.1) is 0 Å². The lowest BCUT2D eigenvalue weighted by Gasteiger charge is -2.09. The second kappa shape index (κ2) is 5.94. The molecule has 2 aromatic rings. The molecule has 7 heteroatoms. The van der Waals surface area contributed by atoms with Crippen molar-refractivity contribution >= 4 is 27.9 Å². The summed E-state index contributed by atoms with van der Waals surface area (Å²) in [4.78, 5) is 0.0295. The Morgan fingerprint density at radius 1 is 1.15 bits per heavy atom. The Kier molecular flexibility index (Phi) is 4.26. The van der Waals surface area contributed by atoms with Crippen molar-refractivity contribution in [3.8, 4) is 5.75 Å². The van der Waals surface area contributed by atoms with Gasteiger partial charge in [0.2, 0.25) is 0 Å². The van der Waals surface area contributed by atoms with Crippen LogP contribution in [0.4, 0.5) is 0 Å². The quantitative estimate of drug-likeness (QED) is 0.408. The summed E-state index contributed by atoms with van der Waals surface area (Å²) >= 11 is 5.79. The van der Waals surface area contributed by atoms with E-state index >= 15 is 0 Å². The van der Waals surface area contributed by atoms with E-state index in [2.05, 4.69) is 5.16 Å². The molecule has 104 valence electrons. The topological polar surface area (TPSA) is 76.0 Å². The van der Waals surface area contributed by atoms with Crippen molar-refractivity contribution in [1.29, 1.82) is 0 Å². The van der Waals surface area contributed by atoms with Crippen molar-refractivity contribution in [3.05, 3.63) is 59.1 Å². The number of benzene rings is 2. The minimum Gasteiger partial charge on any atom is -0.411 e. The van der Waals surface area contributed by atoms with E-state index in [1.54, 1.807) is 18.2 Å². The van der Waals surface area contributed by atoms with E-state index in [-0.39, 0.29) is 16.2 Å². The molecule has 0 bridgehead atoms. The van der Waals surface area contributed by atoms with E-state index in [0.29, 0.717) is 5.02 Å². The van der Waals surface area contributed by atoms with Gasteiger partial charge in [-0.25, -0.2) is 0 Å². The molecule has 0 heterocycles. The fourth-order valence-electron chi connectivity index (χ4n) is 1.51. The maximum atomic E-state index is 12.1. The molecule has 0 aliphatic carbocycles. The summed E-state index contributed by atoms with van der Waals surface area (Å²) in [5.74, 6) is 0.0241. The van der Waals surface area contributed by atoms with Gasteiger partial charge >= 0.3 is 10.1 Å². The van der Waals surface area contributed by atoms with Crippen LogP contribution in [0.2, 0.25) is 5.02 Å². The van der Waals surface area contributed by atoms with Crippen LogP contribution in [0.25, 0.3) is 0 Å². The monoisotopic (exact) mass is 311 g/mol. The highest BCUT2D eigenvalue weighted by molar-refractivity contribution is 7.87. The van der Waals surface area contributed by atoms with Crippen LogP contribution in [0, 0.1) is 0 Å². The van der Waals surface area contributed by atoms with E-state index in [1.165, 1.54) is 30.3 Å². The number of halogens is 1. The van der Waals surface area contributed by atoms with Crippen molar-refractivity contribution in [2.24, 2.45) is 5.16 Å². The highest BCUT2D eigenvalue weighted by Gasteiger charge is 2.17. The second-order valence-corrected chi connectivity index (χ2v) is 5.76. The summed E-state index contributed by atoms with van der Waals surface area (Å²) in [6, 6.07) is 12.0. The number of nitrogens with zero attached hydrogens (tertiary/aromatic N) is 1. The van der Waals surface area contributed by atoms with Crippen LogP contribution in [0.1, 0.15) is 5.56 Å². The molecule has 5 nitrogen and oxygen atoms in total. The summed E-state index contributed by atoms with van der Waals surface area (Å²) in [6.07, 6.45) is 1.04. The Morgan fingerprint density at radius 3 is 2.50 bits per heavy atom. The van der Waals surface area contributed by atoms with Crippen molar-refractivity contribution in [1.82, 2.24) is 0 Å². The number of rotatable bonds is 4. The molecule has 0 aromatic heterocycles. The highest BCUT2D eigenvalue weighted by atomic mass is 35.5. The SMILES string of the molecule is O=S(=O)(Oc1ccc(Cl)cc1/C=N\O)c1ccccc1. The fourth-order valence-corrected chi connectivity index (χ4v) is 2.67. The van der Waals surface area contributed by atoms with Gasteiger partial charge in [-0.2, -0.15) is 8.42 Å². The number of hydrogen-bond donors (Lipinski definition) is 1. The zero-order chi connectivity index (χ0) is 14.6. The van der Waals surface area contributed by atoms with Gasteiger partial charge in [0.05, 0.1) is 6.21 Å². The summed E-state index contributed by atoms with van der Waals surface area (Å²) in [5, 5.41) is 11.8. The van der Waals surface area contributed by atoms with Crippen LogP contribution >= 0.6 is 11.6 Å². The first-order valence-electron chi connectivity index (χ1n) is 5.49. The maximum absolute atomic E-state index is 12.1. The van der Waals surface area contributed by atoms with Crippen LogP contribution in [0.5, 0.6) is 5.75 Å². The highest BCUT2D eigenvalue weighted by Crippen LogP contribution is 2.25. The average molecular weight is 312 g/mol. The van der Waals surface area contributed by atoms with Gasteiger partial charge in [0, 0.05) is 10.6 Å². The zero-order valence-electron chi connectivity index (χ0n) is 10.1. The molecule has 2 rings (SSSR count). The summed E-state index contributed by atoms with van der Waals surface area (Å²) in [5.41, 5.74) is 0.250. The molecular weight excluding hydrogens is 302 g/mol. The van der Waals surface area contributed by atoms with Gasteiger partial charge < -0.3 is 9.39 Å². The molecule has 0 fully saturated rings. The summed E-state index contributed by atoms with van der Waals surface area (Å²) in [6.45, 7) is 0. The molecule has 0 aliphatic rings. The third-order valence-electron chi connectivity index (χ3n) is 2.40. The first kappa shape index (κ1) is 14.4. The molecule has 0 atom stereocenters. The van der Waals surface area contributed by atoms with E-state index < -0.39 is 10.1 Å². The Labute approximate surface area is 121 Å². The largest absolute Gasteiger partial charge is 0.411 e. The van der Waals surface area contributed by atoms with E-state index in [1.807, 2.05) is 0 Å². The predicted octanol–water partition coefficient (Wildman–Crippen LogP) is 2.92. The predicted molar refractivity (Wildman–Crippen MR) is 75.1 cm³/mol. The molecule has 0 amide bonds. The van der Waals surface area contributed by atoms with Crippen LogP contribution in [-0.4, -0.2) is 19.8 Å². The molecule has 0 saturated carbocycles. The van der Waals surface area contributed by atoms with Gasteiger partial charge in [-0.3, -0.25) is 0 Å². The molecule has 0 radical (unpaired) electrons. The third-order valence-corrected chi connectivity index (χ3v) is 3.88. The van der Waals surface area contributed by atoms with Crippen molar-refractivity contribution < 1.29 is 17.8 Å². The van der Waals surface area contributed by atoms with Gasteiger partial charge in [0.25, 0.3) is 0 Å². The molecule has 1 N–H and O–H groups in total. The second-order valence-electron chi connectivity index (χ2n) is 3.78. The van der Waals surface area contributed by atoms with E-state index in [0.717, 1.165) is 6.21 Å². The first-order valence-corrected chi connectivity index (χ1v) is 7.28. The van der Waals surface area contributed by atoms with Gasteiger partial charge in [0.15, 0.2) is 5.75 Å². The van der Waals surface area contributed by atoms with E-state index in [4.69, 9.17) is 21.0 Å². The van der Waals surface area contributed by atoms with Crippen molar-refractivity contribution in [3.63, 3.8) is 0 Å². The Morgan fingerprint density at radius 2 is 1.85 bits per heavy atom. The van der Waals surface area contributed by atoms with Gasteiger partial charge in [0.1, 0.15) is 4.90 Å². The zero-order valence-corrected chi connectivity index (χ0v) is 11.7. The average Bonchev–Trinajstić information content (AvgIpc) is 2.43. The molecule has 0 aliphatic heterocycles. The maximum Gasteiger partial charge on any atom is 0.339 e. The van der Waals surface area contributed by atoms with Crippen molar-refractivity contribution in [2.45, 2.75) is 4.90 Å². The lowest BCUT2D eigenvalue weighted by Crippen LogP contribution is -2.10. The standard InChI is InChI=1S/C13H10ClNO4S/c14-11-6-7-13(10(8-11)9-15-16)19-20(17,18)12-4-2-1-3-5-12/h1-9,16H/b15-9-. The third kappa shape index (κ3) is 3.28. The van der Waals surface area contributed by atoms with Gasteiger partial charge in [-0.05, 0) is 30.3 Å². The molecule has 20 heavy (non-hydrogen) atoms. The Bertz CT molecular complexity index is 729. The molecule has 0 saturated heterocycles. The van der Waals surface area contributed by atoms with Crippen molar-refractivity contribution in [2.75, 3.05) is 0 Å². The minimum atomic E-state index is -3.95. The fraction of sp³-hybridized carbons (Fsp3) is 0. The molecule has 0 spiro atoms. The molecule has 2 aromatic carbocycles. The van der Waals surface area contributed by atoms with Crippen LogP contribution < -0.4 is 4.18 Å². The molecular formula is C13H10ClNO4S. The lowest BCUT2D eigenvalue weighted by atomic mass is 10.2. The number of oxime groups is 1. The first-order chi connectivity index (χ1) is 9.53. The Hall–Kier alpha value is -2.05. The normalized spacial score (nSPS) is 11.7. The lowest BCUT2D eigenvalue weighted by molar-refractivity contribution is 0.321. The van der Waals surface area contributed by atoms with Gasteiger partial charge in [-0.1, -0.05) is 35.0 Å². The summed E-state index contributed by atoms with van der Waals surface area (Å²) in [7, 11) is -3.95. The smallest absolute Gasteiger partial charge is 0.339 e. The van der Waals surface area contributed by atoms with E-state index in [9.17, 15) is 8.42 Å². The number of hydrogen-bond acceptors (Lipinski definition) is 5. The molecule has 0 unspecified atom stereocenters. The Balaban J connectivity index is 2.40. The van der Waals surface area contributed by atoms with Crippen LogP contribution in [0.15, 0.2) is 58.6 Å². The van der Waals surface area contributed by atoms with Crippen LogP contribution in [-0.2, 0) is 10.1 Å². The van der Waals surface area contributed by atoms with Crippen LogP contribution in [0.3, 0.4) is 0 Å².